The first-order valence-corrected chi connectivity index (χ1v) is 10.5. The van der Waals surface area contributed by atoms with Gasteiger partial charge < -0.3 is 9.42 Å². The first kappa shape index (κ1) is 20.0. The summed E-state index contributed by atoms with van der Waals surface area (Å²) in [5, 5.41) is 4.11. The highest BCUT2D eigenvalue weighted by atomic mass is 16.5. The van der Waals surface area contributed by atoms with Crippen LogP contribution in [0.15, 0.2) is 77.7 Å². The van der Waals surface area contributed by atoms with Gasteiger partial charge in [0.25, 0.3) is 11.8 Å². The third-order valence-corrected chi connectivity index (χ3v) is 5.51. The van der Waals surface area contributed by atoms with Gasteiger partial charge in [0, 0.05) is 56.2 Å². The van der Waals surface area contributed by atoms with Crippen LogP contribution in [0.4, 0.5) is 0 Å². The minimum Gasteiger partial charge on any atom is -0.335 e. The molecule has 160 valence electrons. The second kappa shape index (κ2) is 9.07. The fourth-order valence-electron chi connectivity index (χ4n) is 3.74. The van der Waals surface area contributed by atoms with E-state index in [2.05, 4.69) is 37.1 Å². The summed E-state index contributed by atoms with van der Waals surface area (Å²) in [6.45, 7) is 3.82. The topological polar surface area (TPSA) is 88.3 Å². The fourth-order valence-corrected chi connectivity index (χ4v) is 3.74. The zero-order valence-corrected chi connectivity index (χ0v) is 17.5. The maximum absolute atomic E-state index is 12.5. The quantitative estimate of drug-likeness (QED) is 0.484. The Kier molecular flexibility index (Phi) is 5.67. The molecule has 1 fully saturated rings. The van der Waals surface area contributed by atoms with Crippen LogP contribution in [0.1, 0.15) is 16.1 Å². The third-order valence-electron chi connectivity index (χ3n) is 5.51. The Morgan fingerprint density at radius 2 is 1.69 bits per heavy atom. The molecule has 1 saturated heterocycles. The Balaban J connectivity index is 1.17. The van der Waals surface area contributed by atoms with E-state index in [1.165, 1.54) is 11.8 Å². The maximum atomic E-state index is 12.5. The number of hydrogen-bond acceptors (Lipinski definition) is 7. The number of piperazine rings is 1. The molecule has 1 amide bonds. The van der Waals surface area contributed by atoms with Crippen LogP contribution in [-0.4, -0.2) is 62.0 Å². The largest absolute Gasteiger partial charge is 0.335 e. The van der Waals surface area contributed by atoms with E-state index in [1.807, 2.05) is 47.4 Å². The molecule has 0 N–H and O–H groups in total. The summed E-state index contributed by atoms with van der Waals surface area (Å²) in [7, 11) is 0. The lowest BCUT2D eigenvalue weighted by Crippen LogP contribution is -2.48. The van der Waals surface area contributed by atoms with Gasteiger partial charge >= 0.3 is 0 Å². The highest BCUT2D eigenvalue weighted by molar-refractivity contribution is 5.92. The molecule has 0 radical (unpaired) electrons. The molecule has 1 aliphatic rings. The summed E-state index contributed by atoms with van der Waals surface area (Å²) >= 11 is 0. The molecule has 0 spiro atoms. The van der Waals surface area contributed by atoms with E-state index in [1.54, 1.807) is 12.4 Å². The predicted molar refractivity (Wildman–Crippen MR) is 118 cm³/mol. The van der Waals surface area contributed by atoms with Crippen molar-refractivity contribution in [3.8, 4) is 22.8 Å². The predicted octanol–water partition coefficient (Wildman–Crippen LogP) is 3.15. The number of carbonyl (C=O) groups is 1. The Morgan fingerprint density at radius 3 is 2.41 bits per heavy atom. The Morgan fingerprint density at radius 1 is 0.906 bits per heavy atom. The lowest BCUT2D eigenvalue weighted by Gasteiger charge is -2.34. The van der Waals surface area contributed by atoms with Gasteiger partial charge in [0.1, 0.15) is 5.69 Å². The van der Waals surface area contributed by atoms with Crippen LogP contribution in [0.2, 0.25) is 0 Å². The maximum Gasteiger partial charge on any atom is 0.274 e. The van der Waals surface area contributed by atoms with Crippen LogP contribution < -0.4 is 0 Å². The van der Waals surface area contributed by atoms with Crippen molar-refractivity contribution in [1.29, 1.82) is 0 Å². The molecule has 5 rings (SSSR count). The van der Waals surface area contributed by atoms with E-state index in [-0.39, 0.29) is 5.91 Å². The van der Waals surface area contributed by atoms with Crippen molar-refractivity contribution in [1.82, 2.24) is 29.9 Å². The van der Waals surface area contributed by atoms with Crippen molar-refractivity contribution in [3.05, 3.63) is 84.4 Å². The summed E-state index contributed by atoms with van der Waals surface area (Å²) in [5.41, 5.74) is 3.42. The van der Waals surface area contributed by atoms with Crippen LogP contribution in [0.3, 0.4) is 0 Å². The number of rotatable bonds is 5. The Hall–Kier alpha value is -3.91. The molecule has 2 aromatic heterocycles. The van der Waals surface area contributed by atoms with Crippen molar-refractivity contribution in [3.63, 3.8) is 0 Å². The molecule has 4 aromatic rings. The van der Waals surface area contributed by atoms with Gasteiger partial charge in [-0.3, -0.25) is 14.7 Å². The van der Waals surface area contributed by atoms with Crippen molar-refractivity contribution < 1.29 is 9.32 Å². The van der Waals surface area contributed by atoms with Gasteiger partial charge in [-0.2, -0.15) is 4.98 Å². The molecule has 1 aliphatic heterocycles. The molecule has 2 aromatic carbocycles. The van der Waals surface area contributed by atoms with Gasteiger partial charge in [-0.25, -0.2) is 4.98 Å². The van der Waals surface area contributed by atoms with E-state index in [4.69, 9.17) is 4.52 Å². The number of benzene rings is 2. The minimum atomic E-state index is -0.0583. The molecule has 0 atom stereocenters. The highest BCUT2D eigenvalue weighted by Gasteiger charge is 2.23. The molecule has 0 saturated carbocycles. The first-order chi connectivity index (χ1) is 15.8. The monoisotopic (exact) mass is 426 g/mol. The van der Waals surface area contributed by atoms with Crippen LogP contribution in [0, 0.1) is 0 Å². The summed E-state index contributed by atoms with van der Waals surface area (Å²) in [5.74, 6) is 1.03. The van der Waals surface area contributed by atoms with Crippen LogP contribution in [0.5, 0.6) is 0 Å². The van der Waals surface area contributed by atoms with Gasteiger partial charge in [-0.15, -0.1) is 0 Å². The van der Waals surface area contributed by atoms with Gasteiger partial charge in [0.05, 0.1) is 6.20 Å². The average molecular weight is 426 g/mol. The van der Waals surface area contributed by atoms with Crippen molar-refractivity contribution in [2.24, 2.45) is 0 Å². The fraction of sp³-hybridized carbons (Fsp3) is 0.208. The summed E-state index contributed by atoms with van der Waals surface area (Å²) in [4.78, 5) is 29.3. The standard InChI is InChI=1S/C24H22N6O2/c31-24(21-16-25-10-11-26-21)30-14-12-29(13-15-30)17-18-6-8-19(9-7-18)22-27-23(32-28-22)20-4-2-1-3-5-20/h1-11,16H,12-15,17H2. The molecular weight excluding hydrogens is 404 g/mol. The number of aromatic nitrogens is 4. The molecular formula is C24H22N6O2. The van der Waals surface area contributed by atoms with Gasteiger partial charge in [-0.1, -0.05) is 47.6 Å². The smallest absolute Gasteiger partial charge is 0.274 e. The molecule has 0 aliphatic carbocycles. The SMILES string of the molecule is O=C(c1cnccn1)N1CCN(Cc2ccc(-c3noc(-c4ccccc4)n3)cc2)CC1. The second-order valence-corrected chi connectivity index (χ2v) is 7.65. The summed E-state index contributed by atoms with van der Waals surface area (Å²) in [6.07, 6.45) is 4.63. The van der Waals surface area contributed by atoms with Crippen LogP contribution >= 0.6 is 0 Å². The molecule has 0 bridgehead atoms. The molecule has 32 heavy (non-hydrogen) atoms. The summed E-state index contributed by atoms with van der Waals surface area (Å²) in [6, 6.07) is 17.9. The normalized spacial score (nSPS) is 14.4. The van der Waals surface area contributed by atoms with E-state index < -0.39 is 0 Å². The van der Waals surface area contributed by atoms with Crippen molar-refractivity contribution in [2.45, 2.75) is 6.54 Å². The van der Waals surface area contributed by atoms with Gasteiger partial charge in [0.2, 0.25) is 5.82 Å². The van der Waals surface area contributed by atoms with E-state index in [9.17, 15) is 4.79 Å². The molecule has 3 heterocycles. The Bertz CT molecular complexity index is 1170. The highest BCUT2D eigenvalue weighted by Crippen LogP contribution is 2.22. The van der Waals surface area contributed by atoms with Crippen LogP contribution in [0.25, 0.3) is 22.8 Å². The average Bonchev–Trinajstić information content (AvgIpc) is 3.36. The van der Waals surface area contributed by atoms with E-state index in [0.29, 0.717) is 30.5 Å². The van der Waals surface area contributed by atoms with Gasteiger partial charge in [-0.05, 0) is 17.7 Å². The lowest BCUT2D eigenvalue weighted by molar-refractivity contribution is 0.0622. The summed E-state index contributed by atoms with van der Waals surface area (Å²) < 4.78 is 5.41. The second-order valence-electron chi connectivity index (χ2n) is 7.65. The van der Waals surface area contributed by atoms with Gasteiger partial charge in [0.15, 0.2) is 0 Å². The van der Waals surface area contributed by atoms with Crippen LogP contribution in [-0.2, 0) is 6.54 Å². The first-order valence-electron chi connectivity index (χ1n) is 10.5. The number of amides is 1. The number of nitrogens with zero attached hydrogens (tertiary/aromatic N) is 6. The third kappa shape index (κ3) is 4.40. The zero-order valence-electron chi connectivity index (χ0n) is 17.5. The molecule has 8 heteroatoms. The molecule has 8 nitrogen and oxygen atoms in total. The zero-order chi connectivity index (χ0) is 21.8. The molecule has 0 unspecified atom stereocenters. The minimum absolute atomic E-state index is 0.0583. The van der Waals surface area contributed by atoms with E-state index >= 15 is 0 Å². The lowest BCUT2D eigenvalue weighted by atomic mass is 10.1. The van der Waals surface area contributed by atoms with Crippen molar-refractivity contribution >= 4 is 5.91 Å². The number of hydrogen-bond donors (Lipinski definition) is 0. The van der Waals surface area contributed by atoms with E-state index in [0.717, 1.165) is 30.8 Å². The Labute approximate surface area is 185 Å². The van der Waals surface area contributed by atoms with Crippen molar-refractivity contribution in [2.75, 3.05) is 26.2 Å². The number of carbonyl (C=O) groups excluding carboxylic acids is 1.